The van der Waals surface area contributed by atoms with Crippen LogP contribution in [0.4, 0.5) is 5.82 Å². The molecule has 0 aliphatic carbocycles. The van der Waals surface area contributed by atoms with Crippen LogP contribution in [0, 0.1) is 11.3 Å². The van der Waals surface area contributed by atoms with Gasteiger partial charge in [-0.25, -0.2) is 4.98 Å². The second kappa shape index (κ2) is 7.38. The Balaban J connectivity index is 1.52. The van der Waals surface area contributed by atoms with E-state index in [-0.39, 0.29) is 5.91 Å². The van der Waals surface area contributed by atoms with Crippen molar-refractivity contribution in [2.45, 2.75) is 6.42 Å². The van der Waals surface area contributed by atoms with Gasteiger partial charge in [-0.2, -0.15) is 5.26 Å². The topological polar surface area (TPSA) is 86.0 Å². The Morgan fingerprint density at radius 1 is 0.963 bits per heavy atom. The molecule has 0 unspecified atom stereocenters. The summed E-state index contributed by atoms with van der Waals surface area (Å²) in [7, 11) is 0. The van der Waals surface area contributed by atoms with Crippen LogP contribution >= 0.6 is 0 Å². The number of fused-ring (bicyclic) bond motifs is 1. The second-order valence-electron chi connectivity index (χ2n) is 6.38. The molecule has 0 spiro atoms. The van der Waals surface area contributed by atoms with E-state index >= 15 is 0 Å². The van der Waals surface area contributed by atoms with Crippen molar-refractivity contribution in [1.29, 1.82) is 5.26 Å². The van der Waals surface area contributed by atoms with Crippen LogP contribution in [0.5, 0.6) is 0 Å². The number of benzene rings is 1. The highest BCUT2D eigenvalue weighted by molar-refractivity contribution is 5.97. The van der Waals surface area contributed by atoms with Gasteiger partial charge >= 0.3 is 0 Å². The highest BCUT2D eigenvalue weighted by Gasteiger charge is 2.22. The van der Waals surface area contributed by atoms with E-state index in [1.54, 1.807) is 42.9 Å². The molecule has 1 saturated heterocycles. The Hall–Kier alpha value is -3.53. The highest BCUT2D eigenvalue weighted by Crippen LogP contribution is 2.19. The molecule has 134 valence electrons. The Kier molecular flexibility index (Phi) is 4.62. The number of nitriles is 1. The number of aromatic nitrogens is 3. The lowest BCUT2D eigenvalue weighted by Gasteiger charge is -2.23. The first-order valence-electron chi connectivity index (χ1n) is 8.86. The third-order valence-corrected chi connectivity index (χ3v) is 4.71. The third kappa shape index (κ3) is 3.42. The molecule has 0 saturated carbocycles. The first-order valence-corrected chi connectivity index (χ1v) is 8.86. The van der Waals surface area contributed by atoms with Crippen LogP contribution in [-0.4, -0.2) is 51.9 Å². The minimum absolute atomic E-state index is 0.00840. The number of rotatable bonds is 2. The summed E-state index contributed by atoms with van der Waals surface area (Å²) in [5, 5.41) is 9.30. The lowest BCUT2D eigenvalue weighted by molar-refractivity contribution is 0.0767. The predicted octanol–water partition coefficient (Wildman–Crippen LogP) is 2.25. The number of carbonyl (C=O) groups excluding carboxylic acids is 1. The maximum atomic E-state index is 13.0. The first-order chi connectivity index (χ1) is 13.3. The summed E-state index contributed by atoms with van der Waals surface area (Å²) in [6.45, 7) is 2.66. The smallest absolute Gasteiger partial charge is 0.253 e. The van der Waals surface area contributed by atoms with E-state index < -0.39 is 0 Å². The Labute approximate surface area is 156 Å². The quantitative estimate of drug-likeness (QED) is 0.698. The molecule has 2 aromatic heterocycles. The van der Waals surface area contributed by atoms with E-state index in [1.807, 2.05) is 11.0 Å². The molecule has 1 aromatic carbocycles. The minimum atomic E-state index is -0.00840. The van der Waals surface area contributed by atoms with Gasteiger partial charge in [0, 0.05) is 50.3 Å². The van der Waals surface area contributed by atoms with Crippen molar-refractivity contribution < 1.29 is 4.79 Å². The van der Waals surface area contributed by atoms with Gasteiger partial charge in [-0.05, 0) is 36.8 Å². The number of nitrogens with zero attached hydrogens (tertiary/aromatic N) is 6. The number of pyridine rings is 1. The molecule has 0 bridgehead atoms. The summed E-state index contributed by atoms with van der Waals surface area (Å²) in [6.07, 6.45) is 5.78. The van der Waals surface area contributed by atoms with E-state index in [2.05, 4.69) is 25.9 Å². The fourth-order valence-electron chi connectivity index (χ4n) is 3.35. The molecule has 3 aromatic rings. The molecule has 1 aliphatic heterocycles. The molecular weight excluding hydrogens is 340 g/mol. The molecular formula is C20H18N6O. The maximum Gasteiger partial charge on any atom is 0.253 e. The SMILES string of the molecule is N#Cc1cccnc1N1CCCN(C(=O)c2ccc3nccnc3c2)CC1. The van der Waals surface area contributed by atoms with E-state index in [1.165, 1.54) is 0 Å². The molecule has 0 N–H and O–H groups in total. The normalized spacial score (nSPS) is 14.6. The minimum Gasteiger partial charge on any atom is -0.354 e. The van der Waals surface area contributed by atoms with Crippen molar-refractivity contribution >= 4 is 22.8 Å². The van der Waals surface area contributed by atoms with Crippen LogP contribution in [0.25, 0.3) is 11.0 Å². The van der Waals surface area contributed by atoms with Crippen LogP contribution in [0.15, 0.2) is 48.9 Å². The number of anilines is 1. The van der Waals surface area contributed by atoms with Crippen LogP contribution < -0.4 is 4.90 Å². The van der Waals surface area contributed by atoms with Gasteiger partial charge in [0.05, 0.1) is 16.6 Å². The highest BCUT2D eigenvalue weighted by atomic mass is 16.2. The van der Waals surface area contributed by atoms with Gasteiger partial charge in [-0.3, -0.25) is 14.8 Å². The first kappa shape index (κ1) is 16.9. The number of hydrogen-bond acceptors (Lipinski definition) is 6. The third-order valence-electron chi connectivity index (χ3n) is 4.71. The summed E-state index contributed by atoms with van der Waals surface area (Å²) < 4.78 is 0. The number of carbonyl (C=O) groups is 1. The fraction of sp³-hybridized carbons (Fsp3) is 0.250. The molecule has 0 atom stereocenters. The second-order valence-corrected chi connectivity index (χ2v) is 6.38. The standard InChI is InChI=1S/C20H18N6O/c21-14-16-3-1-6-24-19(16)25-9-2-10-26(12-11-25)20(27)15-4-5-17-18(13-15)23-8-7-22-17/h1,3-8,13H,2,9-12H2. The zero-order valence-corrected chi connectivity index (χ0v) is 14.7. The Morgan fingerprint density at radius 3 is 2.67 bits per heavy atom. The molecule has 7 nitrogen and oxygen atoms in total. The Morgan fingerprint density at radius 2 is 1.81 bits per heavy atom. The van der Waals surface area contributed by atoms with Gasteiger partial charge in [0.25, 0.3) is 5.91 Å². The summed E-state index contributed by atoms with van der Waals surface area (Å²) in [5.41, 5.74) is 2.67. The van der Waals surface area contributed by atoms with Crippen molar-refractivity contribution in [3.8, 4) is 6.07 Å². The van der Waals surface area contributed by atoms with E-state index in [0.29, 0.717) is 42.1 Å². The van der Waals surface area contributed by atoms with Gasteiger partial charge in [0.2, 0.25) is 0 Å². The largest absolute Gasteiger partial charge is 0.354 e. The summed E-state index contributed by atoms with van der Waals surface area (Å²) >= 11 is 0. The average molecular weight is 358 g/mol. The molecule has 1 fully saturated rings. The van der Waals surface area contributed by atoms with E-state index in [0.717, 1.165) is 18.5 Å². The zero-order chi connectivity index (χ0) is 18.6. The van der Waals surface area contributed by atoms with E-state index in [4.69, 9.17) is 0 Å². The van der Waals surface area contributed by atoms with Gasteiger partial charge in [-0.1, -0.05) is 0 Å². The molecule has 7 heteroatoms. The van der Waals surface area contributed by atoms with Crippen molar-refractivity contribution in [2.75, 3.05) is 31.1 Å². The molecule has 1 amide bonds. The van der Waals surface area contributed by atoms with Crippen molar-refractivity contribution in [1.82, 2.24) is 19.9 Å². The monoisotopic (exact) mass is 358 g/mol. The number of hydrogen-bond donors (Lipinski definition) is 0. The Bertz CT molecular complexity index is 1030. The zero-order valence-electron chi connectivity index (χ0n) is 14.7. The lowest BCUT2D eigenvalue weighted by atomic mass is 10.1. The lowest BCUT2D eigenvalue weighted by Crippen LogP contribution is -2.35. The van der Waals surface area contributed by atoms with Gasteiger partial charge in [-0.15, -0.1) is 0 Å². The van der Waals surface area contributed by atoms with Crippen molar-refractivity contribution in [3.63, 3.8) is 0 Å². The molecule has 1 aliphatic rings. The van der Waals surface area contributed by atoms with Crippen LogP contribution in [0.2, 0.25) is 0 Å². The summed E-state index contributed by atoms with van der Waals surface area (Å²) in [6, 6.07) is 11.1. The fourth-order valence-corrected chi connectivity index (χ4v) is 3.35. The van der Waals surface area contributed by atoms with Gasteiger partial charge < -0.3 is 9.80 Å². The van der Waals surface area contributed by atoms with Crippen LogP contribution in [0.1, 0.15) is 22.3 Å². The number of amides is 1. The van der Waals surface area contributed by atoms with Crippen LogP contribution in [-0.2, 0) is 0 Å². The summed E-state index contributed by atoms with van der Waals surface area (Å²) in [5.74, 6) is 0.682. The maximum absolute atomic E-state index is 13.0. The molecule has 3 heterocycles. The summed E-state index contributed by atoms with van der Waals surface area (Å²) in [4.78, 5) is 29.8. The van der Waals surface area contributed by atoms with Crippen LogP contribution in [0.3, 0.4) is 0 Å². The predicted molar refractivity (Wildman–Crippen MR) is 101 cm³/mol. The molecule has 0 radical (unpaired) electrons. The van der Waals surface area contributed by atoms with Crippen molar-refractivity contribution in [2.24, 2.45) is 0 Å². The van der Waals surface area contributed by atoms with Gasteiger partial charge in [0.1, 0.15) is 11.9 Å². The molecule has 27 heavy (non-hydrogen) atoms. The van der Waals surface area contributed by atoms with Crippen molar-refractivity contribution in [3.05, 3.63) is 60.0 Å². The average Bonchev–Trinajstić information content (AvgIpc) is 2.99. The molecule has 4 rings (SSSR count). The van der Waals surface area contributed by atoms with Gasteiger partial charge in [0.15, 0.2) is 0 Å². The van der Waals surface area contributed by atoms with E-state index in [9.17, 15) is 10.1 Å².